The molecule has 0 radical (unpaired) electrons. The van der Waals surface area contributed by atoms with Gasteiger partial charge in [0.05, 0.1) is 29.1 Å². The van der Waals surface area contributed by atoms with Gasteiger partial charge in [-0.15, -0.1) is 0 Å². The van der Waals surface area contributed by atoms with Gasteiger partial charge in [-0.25, -0.2) is 10.1 Å². The fourth-order valence-corrected chi connectivity index (χ4v) is 3.27. The minimum absolute atomic E-state index is 0.172. The van der Waals surface area contributed by atoms with Crippen molar-refractivity contribution in [3.63, 3.8) is 0 Å². The molecule has 1 fully saturated rings. The quantitative estimate of drug-likeness (QED) is 0.739. The molecule has 3 aromatic rings. The van der Waals surface area contributed by atoms with Crippen molar-refractivity contribution in [2.45, 2.75) is 0 Å². The number of nitrogens with one attached hydrogen (secondary N) is 1. The molecule has 1 aromatic carbocycles. The summed E-state index contributed by atoms with van der Waals surface area (Å²) in [6, 6.07) is 5.47. The van der Waals surface area contributed by atoms with Crippen LogP contribution in [0.5, 0.6) is 0 Å². The lowest BCUT2D eigenvalue weighted by molar-refractivity contribution is 0.645. The second-order valence-electron chi connectivity index (χ2n) is 5.73. The van der Waals surface area contributed by atoms with Crippen LogP contribution in [0.15, 0.2) is 35.4 Å². The summed E-state index contributed by atoms with van der Waals surface area (Å²) in [5, 5.41) is 6.98. The summed E-state index contributed by atoms with van der Waals surface area (Å²) in [6.45, 7) is 2.92. The fraction of sp³-hybridized carbons (Fsp3) is 0.250. The average molecular weight is 377 g/mol. The van der Waals surface area contributed by atoms with Gasteiger partial charge < -0.3 is 9.80 Å². The minimum atomic E-state index is -0.374. The molecular weight excluding hydrogens is 363 g/mol. The van der Waals surface area contributed by atoms with Gasteiger partial charge in [-0.05, 0) is 18.2 Å². The first-order valence-corrected chi connectivity index (χ1v) is 8.53. The monoisotopic (exact) mass is 376 g/mol. The average Bonchev–Trinajstić information content (AvgIpc) is 2.64. The largest absolute Gasteiger partial charge is 0.365 e. The summed E-state index contributed by atoms with van der Waals surface area (Å²) >= 11 is 12.1. The van der Waals surface area contributed by atoms with Gasteiger partial charge in [0.2, 0.25) is 0 Å². The number of fused-ring (bicyclic) bond motifs is 1. The van der Waals surface area contributed by atoms with Gasteiger partial charge in [0.15, 0.2) is 0 Å². The van der Waals surface area contributed by atoms with Crippen molar-refractivity contribution in [3.8, 4) is 0 Å². The number of benzene rings is 1. The maximum Gasteiger partial charge on any atom is 0.285 e. The van der Waals surface area contributed by atoms with Crippen LogP contribution in [0.4, 0.5) is 11.5 Å². The third kappa shape index (κ3) is 3.12. The van der Waals surface area contributed by atoms with Crippen LogP contribution in [0.2, 0.25) is 10.0 Å². The summed E-state index contributed by atoms with van der Waals surface area (Å²) in [5.41, 5.74) is 1.87. The lowest BCUT2D eigenvalue weighted by atomic mass is 10.2. The predicted molar refractivity (Wildman–Crippen MR) is 98.8 cm³/mol. The Hall–Kier alpha value is -2.38. The second kappa shape index (κ2) is 6.50. The smallest absolute Gasteiger partial charge is 0.285 e. The van der Waals surface area contributed by atoms with Gasteiger partial charge >= 0.3 is 0 Å². The molecule has 0 aliphatic carbocycles. The van der Waals surface area contributed by atoms with Crippen LogP contribution in [0.3, 0.4) is 0 Å². The van der Waals surface area contributed by atoms with Crippen LogP contribution in [-0.4, -0.2) is 46.3 Å². The molecule has 128 valence electrons. The Morgan fingerprint density at radius 2 is 1.76 bits per heavy atom. The van der Waals surface area contributed by atoms with E-state index in [0.717, 1.165) is 29.9 Å². The number of hydrogen-bond acceptors (Lipinski definition) is 6. The number of nitrogens with zero attached hydrogens (tertiary/aromatic N) is 5. The van der Waals surface area contributed by atoms with Crippen molar-refractivity contribution in [2.75, 3.05) is 36.0 Å². The molecule has 1 aliphatic heterocycles. The Kier molecular flexibility index (Phi) is 4.19. The number of aromatic nitrogens is 4. The highest BCUT2D eigenvalue weighted by Crippen LogP contribution is 2.24. The first-order chi connectivity index (χ1) is 12.1. The highest BCUT2D eigenvalue weighted by atomic mass is 35.5. The highest BCUT2D eigenvalue weighted by Gasteiger charge is 2.21. The molecule has 0 saturated carbocycles. The predicted octanol–water partition coefficient (Wildman–Crippen LogP) is 2.35. The van der Waals surface area contributed by atoms with E-state index < -0.39 is 0 Å². The molecule has 25 heavy (non-hydrogen) atoms. The Bertz CT molecular complexity index is 984. The summed E-state index contributed by atoms with van der Waals surface area (Å²) in [6.07, 6.45) is 3.34. The minimum Gasteiger partial charge on any atom is -0.365 e. The van der Waals surface area contributed by atoms with Crippen molar-refractivity contribution in [1.82, 2.24) is 20.2 Å². The van der Waals surface area contributed by atoms with Gasteiger partial charge in [-0.1, -0.05) is 23.2 Å². The van der Waals surface area contributed by atoms with Crippen molar-refractivity contribution < 1.29 is 0 Å². The number of H-pyrrole nitrogens is 1. The highest BCUT2D eigenvalue weighted by molar-refractivity contribution is 6.33. The van der Waals surface area contributed by atoms with Crippen LogP contribution < -0.4 is 15.4 Å². The molecule has 3 heterocycles. The molecule has 1 saturated heterocycles. The third-order valence-corrected chi connectivity index (χ3v) is 4.81. The van der Waals surface area contributed by atoms with E-state index in [2.05, 4.69) is 30.0 Å². The van der Waals surface area contributed by atoms with Crippen LogP contribution in [0.25, 0.3) is 11.0 Å². The van der Waals surface area contributed by atoms with Crippen molar-refractivity contribution in [1.29, 1.82) is 0 Å². The van der Waals surface area contributed by atoms with Gasteiger partial charge in [0, 0.05) is 31.2 Å². The molecule has 0 amide bonds. The molecule has 7 nitrogen and oxygen atoms in total. The number of aromatic amines is 1. The Labute approximate surface area is 153 Å². The lowest BCUT2D eigenvalue weighted by Crippen LogP contribution is -2.47. The van der Waals surface area contributed by atoms with E-state index in [-0.39, 0.29) is 10.6 Å². The maximum atomic E-state index is 11.6. The van der Waals surface area contributed by atoms with Crippen LogP contribution >= 0.6 is 23.2 Å². The molecule has 9 heteroatoms. The molecule has 0 spiro atoms. The number of halogens is 2. The van der Waals surface area contributed by atoms with Crippen molar-refractivity contribution in [2.24, 2.45) is 0 Å². The Balaban J connectivity index is 1.53. The number of hydrogen-bond donors (Lipinski definition) is 1. The zero-order valence-corrected chi connectivity index (χ0v) is 14.6. The Morgan fingerprint density at radius 1 is 1.00 bits per heavy atom. The van der Waals surface area contributed by atoms with E-state index >= 15 is 0 Å². The summed E-state index contributed by atoms with van der Waals surface area (Å²) in [7, 11) is 0. The van der Waals surface area contributed by atoms with E-state index in [1.54, 1.807) is 18.5 Å². The second-order valence-corrected chi connectivity index (χ2v) is 6.55. The van der Waals surface area contributed by atoms with Crippen molar-refractivity contribution >= 4 is 45.7 Å². The molecule has 1 aliphatic rings. The maximum absolute atomic E-state index is 11.6. The van der Waals surface area contributed by atoms with E-state index in [0.29, 0.717) is 23.8 Å². The van der Waals surface area contributed by atoms with E-state index in [1.165, 1.54) is 0 Å². The topological polar surface area (TPSA) is 78.0 Å². The van der Waals surface area contributed by atoms with Gasteiger partial charge in [-0.3, -0.25) is 9.78 Å². The summed E-state index contributed by atoms with van der Waals surface area (Å²) < 4.78 is 0. The SMILES string of the molecule is O=c1[nH]ncc(N2CCN(c3cnc4cc(Cl)ccc4n3)CC2)c1Cl. The number of piperazine rings is 1. The molecule has 0 unspecified atom stereocenters. The standard InChI is InChI=1S/C16H14Cl2N6O/c17-10-1-2-11-12(7-10)19-9-14(21-11)24-5-3-23(4-6-24)13-8-20-22-16(25)15(13)18/h1-2,7-9H,3-6H2,(H,22,25). The molecule has 2 aromatic heterocycles. The molecule has 4 rings (SSSR count). The molecule has 0 atom stereocenters. The zero-order valence-electron chi connectivity index (χ0n) is 13.1. The normalized spacial score (nSPS) is 15.0. The van der Waals surface area contributed by atoms with E-state index in [1.807, 2.05) is 12.1 Å². The van der Waals surface area contributed by atoms with Crippen molar-refractivity contribution in [3.05, 3.63) is 51.0 Å². The van der Waals surface area contributed by atoms with E-state index in [4.69, 9.17) is 23.2 Å². The summed E-state index contributed by atoms with van der Waals surface area (Å²) in [5.74, 6) is 0.824. The third-order valence-electron chi connectivity index (χ3n) is 4.21. The first kappa shape index (κ1) is 16.1. The van der Waals surface area contributed by atoms with Crippen LogP contribution in [0.1, 0.15) is 0 Å². The summed E-state index contributed by atoms with van der Waals surface area (Å²) in [4.78, 5) is 24.9. The fourth-order valence-electron chi connectivity index (χ4n) is 2.90. The van der Waals surface area contributed by atoms with Gasteiger partial charge in [0.1, 0.15) is 10.8 Å². The molecule has 1 N–H and O–H groups in total. The number of rotatable bonds is 2. The Morgan fingerprint density at radius 3 is 2.56 bits per heavy atom. The van der Waals surface area contributed by atoms with Crippen LogP contribution in [-0.2, 0) is 0 Å². The van der Waals surface area contributed by atoms with Gasteiger partial charge in [-0.2, -0.15) is 5.10 Å². The first-order valence-electron chi connectivity index (χ1n) is 7.77. The number of anilines is 2. The molecular formula is C16H14Cl2N6O. The van der Waals surface area contributed by atoms with Crippen LogP contribution in [0, 0.1) is 0 Å². The van der Waals surface area contributed by atoms with E-state index in [9.17, 15) is 4.79 Å². The zero-order chi connectivity index (χ0) is 17.4. The lowest BCUT2D eigenvalue weighted by Gasteiger charge is -2.36. The molecule has 0 bridgehead atoms. The van der Waals surface area contributed by atoms with Gasteiger partial charge in [0.25, 0.3) is 5.56 Å².